The number of pyridine rings is 1. The summed E-state index contributed by atoms with van der Waals surface area (Å²) >= 11 is 0. The van der Waals surface area contributed by atoms with E-state index in [0.29, 0.717) is 6.04 Å². The van der Waals surface area contributed by atoms with E-state index in [1.807, 2.05) is 6.07 Å². The number of aryl methyl sites for hydroxylation is 1. The number of aromatic nitrogens is 1. The normalized spacial score (nSPS) is 31.9. The summed E-state index contributed by atoms with van der Waals surface area (Å²) in [5, 5.41) is 3.60. The van der Waals surface area contributed by atoms with Gasteiger partial charge in [0.2, 0.25) is 0 Å². The van der Waals surface area contributed by atoms with Gasteiger partial charge in [0.1, 0.15) is 5.82 Å². The van der Waals surface area contributed by atoms with Crippen molar-refractivity contribution < 1.29 is 0 Å². The van der Waals surface area contributed by atoms with Crippen LogP contribution in [0, 0.1) is 18.8 Å². The van der Waals surface area contributed by atoms with Gasteiger partial charge in [0, 0.05) is 6.04 Å². The maximum atomic E-state index is 5.71. The lowest BCUT2D eigenvalue weighted by Gasteiger charge is -2.24. The standard InChI is InChI=1S/C13H19N3/c1-8-4-11(14)7-15-13(8)16-12-6-9-2-3-10(12)5-9/h4,7,9-10,12H,2-3,5-6,14H2,1H3,(H,15,16). The zero-order valence-electron chi connectivity index (χ0n) is 9.74. The second-order valence-electron chi connectivity index (χ2n) is 5.36. The Bertz CT molecular complexity index is 402. The van der Waals surface area contributed by atoms with Gasteiger partial charge in [0.05, 0.1) is 11.9 Å². The van der Waals surface area contributed by atoms with Crippen LogP contribution in [-0.2, 0) is 0 Å². The van der Waals surface area contributed by atoms with Crippen molar-refractivity contribution in [3.05, 3.63) is 17.8 Å². The molecule has 3 nitrogen and oxygen atoms in total. The van der Waals surface area contributed by atoms with E-state index in [4.69, 9.17) is 5.73 Å². The Morgan fingerprint density at radius 1 is 1.38 bits per heavy atom. The van der Waals surface area contributed by atoms with Gasteiger partial charge in [-0.2, -0.15) is 0 Å². The molecule has 0 aliphatic heterocycles. The predicted molar refractivity (Wildman–Crippen MR) is 66.2 cm³/mol. The third kappa shape index (κ3) is 1.64. The van der Waals surface area contributed by atoms with Gasteiger partial charge in [0.15, 0.2) is 0 Å². The summed E-state index contributed by atoms with van der Waals surface area (Å²) in [6, 6.07) is 2.64. The van der Waals surface area contributed by atoms with Crippen molar-refractivity contribution in [1.29, 1.82) is 0 Å². The average Bonchev–Trinajstić information content (AvgIpc) is 2.84. The highest BCUT2D eigenvalue weighted by Crippen LogP contribution is 2.45. The van der Waals surface area contributed by atoms with Crippen LogP contribution in [0.3, 0.4) is 0 Å². The quantitative estimate of drug-likeness (QED) is 0.800. The summed E-state index contributed by atoms with van der Waals surface area (Å²) in [4.78, 5) is 4.39. The van der Waals surface area contributed by atoms with Gasteiger partial charge in [-0.3, -0.25) is 0 Å². The molecule has 0 saturated heterocycles. The van der Waals surface area contributed by atoms with Gasteiger partial charge in [-0.05, 0) is 49.7 Å². The minimum atomic E-state index is 0.647. The number of hydrogen-bond donors (Lipinski definition) is 2. The largest absolute Gasteiger partial charge is 0.397 e. The lowest BCUT2D eigenvalue weighted by molar-refractivity contribution is 0.439. The van der Waals surface area contributed by atoms with Crippen molar-refractivity contribution in [2.75, 3.05) is 11.1 Å². The zero-order valence-corrected chi connectivity index (χ0v) is 9.74. The smallest absolute Gasteiger partial charge is 0.129 e. The van der Waals surface area contributed by atoms with E-state index in [1.54, 1.807) is 6.20 Å². The van der Waals surface area contributed by atoms with Crippen LogP contribution in [0.4, 0.5) is 11.5 Å². The molecule has 3 rings (SSSR count). The number of fused-ring (bicyclic) bond motifs is 2. The number of rotatable bonds is 2. The van der Waals surface area contributed by atoms with Crippen molar-refractivity contribution in [1.82, 2.24) is 4.98 Å². The minimum Gasteiger partial charge on any atom is -0.397 e. The molecule has 0 aromatic carbocycles. The van der Waals surface area contributed by atoms with Gasteiger partial charge in [-0.15, -0.1) is 0 Å². The Balaban J connectivity index is 1.74. The zero-order chi connectivity index (χ0) is 11.1. The van der Waals surface area contributed by atoms with Crippen LogP contribution in [0.15, 0.2) is 12.3 Å². The first kappa shape index (κ1) is 9.94. The van der Waals surface area contributed by atoms with E-state index < -0.39 is 0 Å². The molecule has 2 fully saturated rings. The average molecular weight is 217 g/mol. The van der Waals surface area contributed by atoms with E-state index in [1.165, 1.54) is 25.7 Å². The van der Waals surface area contributed by atoms with Crippen molar-refractivity contribution in [3.8, 4) is 0 Å². The number of nitrogens with two attached hydrogens (primary N) is 1. The summed E-state index contributed by atoms with van der Waals surface area (Å²) in [6.45, 7) is 2.07. The van der Waals surface area contributed by atoms with Gasteiger partial charge < -0.3 is 11.1 Å². The molecule has 2 saturated carbocycles. The highest BCUT2D eigenvalue weighted by atomic mass is 15.0. The second kappa shape index (κ2) is 3.65. The summed E-state index contributed by atoms with van der Waals surface area (Å²) in [7, 11) is 0. The topological polar surface area (TPSA) is 50.9 Å². The Hall–Kier alpha value is -1.25. The third-order valence-electron chi connectivity index (χ3n) is 4.16. The van der Waals surface area contributed by atoms with Gasteiger partial charge in [-0.25, -0.2) is 4.98 Å². The molecule has 3 unspecified atom stereocenters. The van der Waals surface area contributed by atoms with Crippen LogP contribution in [0.1, 0.15) is 31.2 Å². The number of nitrogens with zero attached hydrogens (tertiary/aromatic N) is 1. The number of nitrogen functional groups attached to an aromatic ring is 1. The van der Waals surface area contributed by atoms with E-state index >= 15 is 0 Å². The monoisotopic (exact) mass is 217 g/mol. The first-order valence-electron chi connectivity index (χ1n) is 6.21. The molecule has 2 bridgehead atoms. The van der Waals surface area contributed by atoms with Crippen LogP contribution in [0.25, 0.3) is 0 Å². The molecular weight excluding hydrogens is 198 g/mol. The Morgan fingerprint density at radius 3 is 2.88 bits per heavy atom. The molecule has 0 amide bonds. The van der Waals surface area contributed by atoms with Crippen LogP contribution < -0.4 is 11.1 Å². The van der Waals surface area contributed by atoms with E-state index in [2.05, 4.69) is 17.2 Å². The molecule has 0 radical (unpaired) electrons. The molecule has 86 valence electrons. The summed E-state index contributed by atoms with van der Waals surface area (Å²) < 4.78 is 0. The molecule has 1 aromatic heterocycles. The minimum absolute atomic E-state index is 0.647. The molecule has 2 aliphatic carbocycles. The van der Waals surface area contributed by atoms with E-state index in [-0.39, 0.29) is 0 Å². The molecular formula is C13H19N3. The SMILES string of the molecule is Cc1cc(N)cnc1NC1CC2CCC1C2. The summed E-state index contributed by atoms with van der Waals surface area (Å²) in [6.07, 6.45) is 7.33. The van der Waals surface area contributed by atoms with Crippen molar-refractivity contribution in [2.45, 2.75) is 38.6 Å². The summed E-state index contributed by atoms with van der Waals surface area (Å²) in [5.74, 6) is 2.87. The van der Waals surface area contributed by atoms with Gasteiger partial charge in [-0.1, -0.05) is 6.42 Å². The van der Waals surface area contributed by atoms with Crippen molar-refractivity contribution >= 4 is 11.5 Å². The Kier molecular flexibility index (Phi) is 2.27. The highest BCUT2D eigenvalue weighted by Gasteiger charge is 2.39. The fraction of sp³-hybridized carbons (Fsp3) is 0.615. The molecule has 2 aliphatic rings. The van der Waals surface area contributed by atoms with E-state index in [9.17, 15) is 0 Å². The Labute approximate surface area is 96.4 Å². The Morgan fingerprint density at radius 2 is 2.25 bits per heavy atom. The molecule has 3 N–H and O–H groups in total. The fourth-order valence-electron chi connectivity index (χ4n) is 3.34. The lowest BCUT2D eigenvalue weighted by atomic mass is 9.95. The molecule has 3 atom stereocenters. The highest BCUT2D eigenvalue weighted by molar-refractivity contribution is 5.51. The maximum absolute atomic E-state index is 5.71. The van der Waals surface area contributed by atoms with Crippen LogP contribution in [0.5, 0.6) is 0 Å². The van der Waals surface area contributed by atoms with E-state index in [0.717, 1.165) is 28.9 Å². The molecule has 3 heteroatoms. The van der Waals surface area contributed by atoms with Crippen LogP contribution in [0.2, 0.25) is 0 Å². The predicted octanol–water partition coefficient (Wildman–Crippen LogP) is 2.57. The first-order valence-corrected chi connectivity index (χ1v) is 6.21. The molecule has 0 spiro atoms. The molecule has 1 heterocycles. The first-order chi connectivity index (χ1) is 7.72. The van der Waals surface area contributed by atoms with Crippen LogP contribution in [-0.4, -0.2) is 11.0 Å². The number of hydrogen-bond acceptors (Lipinski definition) is 3. The van der Waals surface area contributed by atoms with Gasteiger partial charge in [0.25, 0.3) is 0 Å². The van der Waals surface area contributed by atoms with Crippen molar-refractivity contribution in [2.24, 2.45) is 11.8 Å². The molecule has 1 aromatic rings. The number of nitrogens with one attached hydrogen (secondary N) is 1. The lowest BCUT2D eigenvalue weighted by Crippen LogP contribution is -2.26. The van der Waals surface area contributed by atoms with Gasteiger partial charge >= 0.3 is 0 Å². The number of anilines is 2. The van der Waals surface area contributed by atoms with Crippen LogP contribution >= 0.6 is 0 Å². The summed E-state index contributed by atoms with van der Waals surface area (Å²) in [5.41, 5.74) is 7.61. The van der Waals surface area contributed by atoms with Crippen molar-refractivity contribution in [3.63, 3.8) is 0 Å². The maximum Gasteiger partial charge on any atom is 0.129 e. The third-order valence-corrected chi connectivity index (χ3v) is 4.16. The molecule has 16 heavy (non-hydrogen) atoms. The second-order valence-corrected chi connectivity index (χ2v) is 5.36. The fourth-order valence-corrected chi connectivity index (χ4v) is 3.34.